The number of fused-ring (bicyclic) bond motifs is 1. The smallest absolute Gasteiger partial charge is 0.327 e. The van der Waals surface area contributed by atoms with Gasteiger partial charge < -0.3 is 20.6 Å². The fourth-order valence-corrected chi connectivity index (χ4v) is 3.47. The number of nitrogens with two attached hydrogens (primary N) is 1. The number of benzene rings is 1. The molecule has 0 unspecified atom stereocenters. The lowest BCUT2D eigenvalue weighted by Gasteiger charge is -2.30. The molecule has 4 N–H and O–H groups in total. The average Bonchev–Trinajstić information content (AvgIpc) is 3.10. The molecule has 0 amide bonds. The largest absolute Gasteiger partial charge is 0.480 e. The van der Waals surface area contributed by atoms with Gasteiger partial charge in [-0.1, -0.05) is 18.2 Å². The molecule has 2 aromatic rings. The van der Waals surface area contributed by atoms with Gasteiger partial charge in [0, 0.05) is 17.8 Å². The van der Waals surface area contributed by atoms with Gasteiger partial charge in [0.2, 0.25) is 0 Å². The Balaban J connectivity index is 1.85. The summed E-state index contributed by atoms with van der Waals surface area (Å²) in [7, 11) is 0. The molecular formula is C19H25N3O4. The molecule has 7 nitrogen and oxygen atoms in total. The predicted molar refractivity (Wildman–Crippen MR) is 97.3 cm³/mol. The van der Waals surface area contributed by atoms with Crippen molar-refractivity contribution < 1.29 is 19.4 Å². The Kier molecular flexibility index (Phi) is 4.77. The summed E-state index contributed by atoms with van der Waals surface area (Å²) in [5, 5.41) is 10.7. The minimum absolute atomic E-state index is 0.381. The fraction of sp³-hybridized carbons (Fsp3) is 0.474. The van der Waals surface area contributed by atoms with Crippen molar-refractivity contribution in [3.8, 4) is 0 Å². The lowest BCUT2D eigenvalue weighted by Crippen LogP contribution is -2.47. The van der Waals surface area contributed by atoms with Gasteiger partial charge in [-0.3, -0.25) is 14.5 Å². The summed E-state index contributed by atoms with van der Waals surface area (Å²) in [5.74, 6) is -1.93. The van der Waals surface area contributed by atoms with Gasteiger partial charge in [0.15, 0.2) is 0 Å². The van der Waals surface area contributed by atoms with E-state index < -0.39 is 29.7 Å². The van der Waals surface area contributed by atoms with Crippen LogP contribution in [0.3, 0.4) is 0 Å². The monoisotopic (exact) mass is 359 g/mol. The maximum atomic E-state index is 12.4. The summed E-state index contributed by atoms with van der Waals surface area (Å²) in [6.07, 6.45) is -0.238. The zero-order valence-electron chi connectivity index (χ0n) is 15.2. The van der Waals surface area contributed by atoms with Gasteiger partial charge in [0.1, 0.15) is 11.6 Å². The quantitative estimate of drug-likeness (QED) is 0.723. The molecule has 26 heavy (non-hydrogen) atoms. The zero-order chi connectivity index (χ0) is 19.1. The number of nitrogens with zero attached hydrogens (tertiary/aromatic N) is 1. The van der Waals surface area contributed by atoms with Crippen molar-refractivity contribution in [3.05, 3.63) is 36.0 Å². The van der Waals surface area contributed by atoms with Crippen LogP contribution in [0.25, 0.3) is 10.9 Å². The van der Waals surface area contributed by atoms with E-state index >= 15 is 0 Å². The third kappa shape index (κ3) is 3.59. The molecule has 1 saturated heterocycles. The minimum atomic E-state index is -1.00. The summed E-state index contributed by atoms with van der Waals surface area (Å²) in [5.41, 5.74) is 7.08. The van der Waals surface area contributed by atoms with Crippen molar-refractivity contribution in [1.29, 1.82) is 0 Å². The van der Waals surface area contributed by atoms with E-state index in [2.05, 4.69) is 4.98 Å². The van der Waals surface area contributed by atoms with E-state index in [9.17, 15) is 14.7 Å². The molecule has 0 aliphatic carbocycles. The molecule has 0 spiro atoms. The highest BCUT2D eigenvalue weighted by molar-refractivity contribution is 5.84. The van der Waals surface area contributed by atoms with Crippen LogP contribution in [0.1, 0.15) is 38.9 Å². The number of ether oxygens (including phenoxy) is 1. The number of esters is 1. The molecule has 1 aromatic heterocycles. The van der Waals surface area contributed by atoms with Crippen molar-refractivity contribution in [3.63, 3.8) is 0 Å². The molecule has 0 bridgehead atoms. The van der Waals surface area contributed by atoms with Crippen LogP contribution >= 0.6 is 0 Å². The van der Waals surface area contributed by atoms with Crippen molar-refractivity contribution in [2.45, 2.75) is 45.0 Å². The second-order valence-corrected chi connectivity index (χ2v) is 7.71. The van der Waals surface area contributed by atoms with E-state index in [1.54, 1.807) is 25.7 Å². The summed E-state index contributed by atoms with van der Waals surface area (Å²) in [6, 6.07) is 8.48. The van der Waals surface area contributed by atoms with Gasteiger partial charge in [-0.15, -0.1) is 0 Å². The Bertz CT molecular complexity index is 791. The number of nitrogens with one attached hydrogen (secondary N) is 1. The lowest BCUT2D eigenvalue weighted by atomic mass is 10.1. The molecule has 3 atom stereocenters. The van der Waals surface area contributed by atoms with Gasteiger partial charge in [-0.2, -0.15) is 0 Å². The lowest BCUT2D eigenvalue weighted by molar-refractivity contribution is -0.161. The number of aromatic nitrogens is 1. The zero-order valence-corrected chi connectivity index (χ0v) is 15.2. The third-order valence-corrected chi connectivity index (χ3v) is 4.61. The number of carboxylic acids is 1. The maximum Gasteiger partial charge on any atom is 0.327 e. The standard InChI is InChI=1S/C19H25N3O4/c1-19(2,3)26-18(25)12-8-9-22(16(12)20)15(17(23)24)14-10-11-6-4-5-7-13(11)21-14/h4-7,10,12,15-16,21H,8-9,20H2,1-3H3,(H,23,24)/t12-,15-,16-/m1/s1. The molecule has 1 fully saturated rings. The molecule has 1 aromatic carbocycles. The van der Waals surface area contributed by atoms with Crippen LogP contribution in [-0.2, 0) is 14.3 Å². The first-order valence-electron chi connectivity index (χ1n) is 8.72. The number of likely N-dealkylation sites (tertiary alicyclic amines) is 1. The molecule has 0 radical (unpaired) electrons. The van der Waals surface area contributed by atoms with Crippen LogP contribution in [0.5, 0.6) is 0 Å². The summed E-state index contributed by atoms with van der Waals surface area (Å²) < 4.78 is 5.43. The number of carbonyl (C=O) groups excluding carboxylic acids is 1. The van der Waals surface area contributed by atoms with Gasteiger partial charge in [0.05, 0.1) is 12.1 Å². The molecular weight excluding hydrogens is 334 g/mol. The molecule has 1 aliphatic rings. The SMILES string of the molecule is CC(C)(C)OC(=O)[C@@H]1CCN([C@@H](C(=O)O)c2cc3ccccc3[nH]2)[C@H]1N. The Morgan fingerprint density at radius 1 is 1.35 bits per heavy atom. The first-order chi connectivity index (χ1) is 12.2. The highest BCUT2D eigenvalue weighted by atomic mass is 16.6. The number of aliphatic carboxylic acids is 1. The van der Waals surface area contributed by atoms with E-state index in [4.69, 9.17) is 10.5 Å². The predicted octanol–water partition coefficient (Wildman–Crippen LogP) is 2.24. The summed E-state index contributed by atoms with van der Waals surface area (Å²) in [4.78, 5) is 29.2. The minimum Gasteiger partial charge on any atom is -0.480 e. The number of para-hydroxylation sites is 1. The number of rotatable bonds is 4. The number of aromatic amines is 1. The number of hydrogen-bond donors (Lipinski definition) is 3. The van der Waals surface area contributed by atoms with Crippen molar-refractivity contribution in [2.24, 2.45) is 11.7 Å². The second-order valence-electron chi connectivity index (χ2n) is 7.71. The fourth-order valence-electron chi connectivity index (χ4n) is 3.47. The summed E-state index contributed by atoms with van der Waals surface area (Å²) >= 11 is 0. The highest BCUT2D eigenvalue weighted by Gasteiger charge is 2.44. The van der Waals surface area contributed by atoms with Gasteiger partial charge in [-0.05, 0) is 44.7 Å². The van der Waals surface area contributed by atoms with Crippen LogP contribution in [0, 0.1) is 5.92 Å². The van der Waals surface area contributed by atoms with Crippen LogP contribution in [0.15, 0.2) is 30.3 Å². The Morgan fingerprint density at radius 3 is 2.65 bits per heavy atom. The average molecular weight is 359 g/mol. The van der Waals surface area contributed by atoms with E-state index in [0.29, 0.717) is 18.7 Å². The van der Waals surface area contributed by atoms with Crippen LogP contribution in [-0.4, -0.2) is 45.2 Å². The number of carboxylic acid groups (broad SMARTS) is 1. The van der Waals surface area contributed by atoms with Gasteiger partial charge >= 0.3 is 11.9 Å². The number of hydrogen-bond acceptors (Lipinski definition) is 5. The Labute approximate surface area is 152 Å². The summed E-state index contributed by atoms with van der Waals surface area (Å²) in [6.45, 7) is 5.81. The number of H-pyrrole nitrogens is 1. The first-order valence-corrected chi connectivity index (χ1v) is 8.72. The van der Waals surface area contributed by atoms with Crippen molar-refractivity contribution in [1.82, 2.24) is 9.88 Å². The topological polar surface area (TPSA) is 109 Å². The highest BCUT2D eigenvalue weighted by Crippen LogP contribution is 2.33. The normalized spacial score (nSPS) is 22.5. The Hall–Kier alpha value is -2.38. The van der Waals surface area contributed by atoms with Gasteiger partial charge in [0.25, 0.3) is 0 Å². The first kappa shape index (κ1) is 18.4. The maximum absolute atomic E-state index is 12.4. The van der Waals surface area contributed by atoms with Crippen molar-refractivity contribution >= 4 is 22.8 Å². The molecule has 1 aliphatic heterocycles. The third-order valence-electron chi connectivity index (χ3n) is 4.61. The van der Waals surface area contributed by atoms with Crippen LogP contribution in [0.4, 0.5) is 0 Å². The molecule has 3 rings (SSSR count). The molecule has 7 heteroatoms. The van der Waals surface area contributed by atoms with Crippen molar-refractivity contribution in [2.75, 3.05) is 6.54 Å². The van der Waals surface area contributed by atoms with Crippen LogP contribution < -0.4 is 5.73 Å². The molecule has 0 saturated carbocycles. The molecule has 2 heterocycles. The molecule has 140 valence electrons. The second kappa shape index (κ2) is 6.74. The van der Waals surface area contributed by atoms with E-state index in [1.165, 1.54) is 0 Å². The van der Waals surface area contributed by atoms with Crippen LogP contribution in [0.2, 0.25) is 0 Å². The van der Waals surface area contributed by atoms with E-state index in [-0.39, 0.29) is 5.97 Å². The van der Waals surface area contributed by atoms with Gasteiger partial charge in [-0.25, -0.2) is 0 Å². The Morgan fingerprint density at radius 2 is 2.04 bits per heavy atom. The number of carbonyl (C=O) groups is 2. The van der Waals surface area contributed by atoms with E-state index in [0.717, 1.165) is 10.9 Å². The van der Waals surface area contributed by atoms with E-state index in [1.807, 2.05) is 30.3 Å².